The predicted molar refractivity (Wildman–Crippen MR) is 88.3 cm³/mol. The minimum Gasteiger partial charge on any atom is -0.493 e. The summed E-state index contributed by atoms with van der Waals surface area (Å²) < 4.78 is 12.4. The number of hydrogen-bond acceptors (Lipinski definition) is 5. The Morgan fingerprint density at radius 3 is 2.75 bits per heavy atom. The van der Waals surface area contributed by atoms with Gasteiger partial charge in [-0.15, -0.1) is 0 Å². The second kappa shape index (κ2) is 8.14. The Morgan fingerprint density at radius 1 is 1.33 bits per heavy atom. The zero-order chi connectivity index (χ0) is 17.5. The lowest BCUT2D eigenvalue weighted by Crippen LogP contribution is -2.38. The Morgan fingerprint density at radius 2 is 2.12 bits per heavy atom. The van der Waals surface area contributed by atoms with Gasteiger partial charge in [0.25, 0.3) is 5.91 Å². The highest BCUT2D eigenvalue weighted by Gasteiger charge is 2.12. The molecule has 1 aromatic carbocycles. The molecule has 0 unspecified atom stereocenters. The maximum absolute atomic E-state index is 12.0. The number of carbonyl (C=O) groups excluding carboxylic acids is 2. The van der Waals surface area contributed by atoms with Crippen LogP contribution in [0.4, 0.5) is 0 Å². The molecule has 1 aromatic heterocycles. The number of rotatable bonds is 8. The van der Waals surface area contributed by atoms with E-state index in [1.165, 1.54) is 14.0 Å². The quantitative estimate of drug-likeness (QED) is 0.744. The number of nitrogens with one attached hydrogen (secondary N) is 1. The van der Waals surface area contributed by atoms with Gasteiger partial charge < -0.3 is 14.8 Å². The van der Waals surface area contributed by atoms with E-state index in [-0.39, 0.29) is 24.3 Å². The number of hydrogen-bond donors (Lipinski definition) is 1. The second-order valence-corrected chi connectivity index (χ2v) is 5.41. The average Bonchev–Trinajstić information content (AvgIpc) is 3.05. The van der Waals surface area contributed by atoms with Crippen LogP contribution in [0.2, 0.25) is 0 Å². The highest BCUT2D eigenvalue weighted by molar-refractivity contribution is 5.94. The van der Waals surface area contributed by atoms with Crippen molar-refractivity contribution in [3.63, 3.8) is 0 Å². The van der Waals surface area contributed by atoms with Gasteiger partial charge >= 0.3 is 0 Å². The molecule has 7 heteroatoms. The summed E-state index contributed by atoms with van der Waals surface area (Å²) in [6.07, 6.45) is 3.52. The molecule has 0 fully saturated rings. The van der Waals surface area contributed by atoms with Crippen molar-refractivity contribution in [2.45, 2.75) is 26.4 Å². The van der Waals surface area contributed by atoms with Crippen LogP contribution in [0, 0.1) is 0 Å². The molecule has 1 amide bonds. The average molecular weight is 331 g/mol. The van der Waals surface area contributed by atoms with E-state index in [0.717, 1.165) is 0 Å². The van der Waals surface area contributed by atoms with E-state index in [0.29, 0.717) is 23.6 Å². The molecule has 0 aliphatic rings. The fraction of sp³-hybridized carbons (Fsp3) is 0.353. The number of ether oxygens (including phenoxy) is 2. The van der Waals surface area contributed by atoms with Gasteiger partial charge in [-0.1, -0.05) is 0 Å². The van der Waals surface area contributed by atoms with E-state index < -0.39 is 0 Å². The first-order chi connectivity index (χ1) is 11.5. The minimum atomic E-state index is -0.243. The standard InChI is InChI=1S/C17H21N3O4/c1-12(10-20-8-4-7-18-20)19-17(22)11-24-15-6-5-14(13(2)21)9-16(15)23-3/h4-9,12H,10-11H2,1-3H3,(H,19,22)/t12-/m1/s1. The van der Waals surface area contributed by atoms with E-state index in [1.807, 2.05) is 19.2 Å². The fourth-order valence-electron chi connectivity index (χ4n) is 2.20. The lowest BCUT2D eigenvalue weighted by Gasteiger charge is -2.15. The van der Waals surface area contributed by atoms with Gasteiger partial charge in [-0.3, -0.25) is 14.3 Å². The van der Waals surface area contributed by atoms with Crippen molar-refractivity contribution >= 4 is 11.7 Å². The van der Waals surface area contributed by atoms with Crippen LogP contribution in [0.3, 0.4) is 0 Å². The van der Waals surface area contributed by atoms with E-state index in [2.05, 4.69) is 10.4 Å². The van der Waals surface area contributed by atoms with Crippen LogP contribution in [-0.4, -0.2) is 41.2 Å². The normalized spacial score (nSPS) is 11.6. The van der Waals surface area contributed by atoms with Crippen LogP contribution in [0.25, 0.3) is 0 Å². The SMILES string of the molecule is COc1cc(C(C)=O)ccc1OCC(=O)N[C@H](C)Cn1cccn1. The van der Waals surface area contributed by atoms with Crippen molar-refractivity contribution in [3.05, 3.63) is 42.2 Å². The number of nitrogens with zero attached hydrogens (tertiary/aromatic N) is 2. The number of Topliss-reactive ketones (excluding diaryl/α,β-unsaturated/α-hetero) is 1. The van der Waals surface area contributed by atoms with Gasteiger partial charge in [-0.2, -0.15) is 5.10 Å². The zero-order valence-corrected chi connectivity index (χ0v) is 14.0. The van der Waals surface area contributed by atoms with Crippen LogP contribution in [0.1, 0.15) is 24.2 Å². The molecule has 128 valence electrons. The van der Waals surface area contributed by atoms with Crippen LogP contribution >= 0.6 is 0 Å². The summed E-state index contributed by atoms with van der Waals surface area (Å²) in [5, 5.41) is 6.93. The van der Waals surface area contributed by atoms with Crippen molar-refractivity contribution < 1.29 is 19.1 Å². The molecule has 2 aromatic rings. The summed E-state index contributed by atoms with van der Waals surface area (Å²) in [5.41, 5.74) is 0.525. The Kier molecular flexibility index (Phi) is 5.95. The first-order valence-corrected chi connectivity index (χ1v) is 7.58. The Balaban J connectivity index is 1.88. The van der Waals surface area contributed by atoms with Gasteiger partial charge in [-0.05, 0) is 38.1 Å². The van der Waals surface area contributed by atoms with E-state index >= 15 is 0 Å². The van der Waals surface area contributed by atoms with Gasteiger partial charge in [0, 0.05) is 24.0 Å². The summed E-state index contributed by atoms with van der Waals surface area (Å²) in [5.74, 6) is 0.523. The third kappa shape index (κ3) is 4.84. The first-order valence-electron chi connectivity index (χ1n) is 7.58. The molecule has 24 heavy (non-hydrogen) atoms. The van der Waals surface area contributed by atoms with Crippen LogP contribution in [-0.2, 0) is 11.3 Å². The van der Waals surface area contributed by atoms with E-state index in [4.69, 9.17) is 9.47 Å². The van der Waals surface area contributed by atoms with Crippen LogP contribution in [0.15, 0.2) is 36.7 Å². The molecular weight excluding hydrogens is 310 g/mol. The van der Waals surface area contributed by atoms with Crippen LogP contribution < -0.4 is 14.8 Å². The number of aromatic nitrogens is 2. The smallest absolute Gasteiger partial charge is 0.258 e. The molecule has 0 saturated heterocycles. The maximum atomic E-state index is 12.0. The topological polar surface area (TPSA) is 82.5 Å². The minimum absolute atomic E-state index is 0.0648. The summed E-state index contributed by atoms with van der Waals surface area (Å²) in [4.78, 5) is 23.3. The van der Waals surface area contributed by atoms with Gasteiger partial charge in [-0.25, -0.2) is 0 Å². The summed E-state index contributed by atoms with van der Waals surface area (Å²) in [6.45, 7) is 3.81. The molecule has 2 rings (SSSR count). The Hall–Kier alpha value is -2.83. The highest BCUT2D eigenvalue weighted by Crippen LogP contribution is 2.28. The van der Waals surface area contributed by atoms with Crippen molar-refractivity contribution in [1.82, 2.24) is 15.1 Å². The molecule has 0 bridgehead atoms. The van der Waals surface area contributed by atoms with Crippen LogP contribution in [0.5, 0.6) is 11.5 Å². The van der Waals surface area contributed by atoms with E-state index in [1.54, 1.807) is 29.1 Å². The summed E-state index contributed by atoms with van der Waals surface area (Å²) in [7, 11) is 1.48. The van der Waals surface area contributed by atoms with Gasteiger partial charge in [0.2, 0.25) is 0 Å². The largest absolute Gasteiger partial charge is 0.493 e. The van der Waals surface area contributed by atoms with Gasteiger partial charge in [0.1, 0.15) is 0 Å². The molecular formula is C17H21N3O4. The third-order valence-corrected chi connectivity index (χ3v) is 3.36. The zero-order valence-electron chi connectivity index (χ0n) is 14.0. The number of methoxy groups -OCH3 is 1. The number of ketones is 1. The lowest BCUT2D eigenvalue weighted by molar-refractivity contribution is -0.123. The van der Waals surface area contributed by atoms with Gasteiger partial charge in [0.05, 0.1) is 13.7 Å². The number of amides is 1. The highest BCUT2D eigenvalue weighted by atomic mass is 16.5. The molecule has 0 radical (unpaired) electrons. The Bertz CT molecular complexity index is 698. The van der Waals surface area contributed by atoms with Crippen molar-refractivity contribution in [2.75, 3.05) is 13.7 Å². The monoisotopic (exact) mass is 331 g/mol. The number of carbonyl (C=O) groups is 2. The van der Waals surface area contributed by atoms with Crippen molar-refractivity contribution in [2.24, 2.45) is 0 Å². The van der Waals surface area contributed by atoms with Gasteiger partial charge in [0.15, 0.2) is 23.9 Å². The van der Waals surface area contributed by atoms with Crippen molar-refractivity contribution in [1.29, 1.82) is 0 Å². The summed E-state index contributed by atoms with van der Waals surface area (Å²) in [6, 6.07) is 6.60. The molecule has 0 aliphatic carbocycles. The number of benzene rings is 1. The third-order valence-electron chi connectivity index (χ3n) is 3.36. The van der Waals surface area contributed by atoms with E-state index in [9.17, 15) is 9.59 Å². The lowest BCUT2D eigenvalue weighted by atomic mass is 10.1. The molecule has 0 spiro atoms. The molecule has 0 saturated carbocycles. The molecule has 1 N–H and O–H groups in total. The Labute approximate surface area is 140 Å². The molecule has 1 heterocycles. The molecule has 0 aliphatic heterocycles. The predicted octanol–water partition coefficient (Wildman–Crippen LogP) is 1.68. The maximum Gasteiger partial charge on any atom is 0.258 e. The molecule has 1 atom stereocenters. The molecule has 7 nitrogen and oxygen atoms in total. The fourth-order valence-corrected chi connectivity index (χ4v) is 2.20. The van der Waals surface area contributed by atoms with Crippen molar-refractivity contribution in [3.8, 4) is 11.5 Å². The second-order valence-electron chi connectivity index (χ2n) is 5.41. The first kappa shape index (κ1) is 17.5. The summed E-state index contributed by atoms with van der Waals surface area (Å²) >= 11 is 0.